The van der Waals surface area contributed by atoms with Gasteiger partial charge in [-0.15, -0.1) is 0 Å². The first-order valence-electron chi connectivity index (χ1n) is 5.13. The summed E-state index contributed by atoms with van der Waals surface area (Å²) in [5.41, 5.74) is 7.60. The molecular formula is C12H16ClN. The highest BCUT2D eigenvalue weighted by Gasteiger charge is 2.46. The predicted octanol–water partition coefficient (Wildman–Crippen LogP) is 3.01. The molecule has 2 rings (SSSR count). The second-order valence-corrected chi connectivity index (χ2v) is 4.90. The summed E-state index contributed by atoms with van der Waals surface area (Å²) in [4.78, 5) is 0. The van der Waals surface area contributed by atoms with E-state index in [2.05, 4.69) is 19.1 Å². The fourth-order valence-corrected chi connectivity index (χ4v) is 2.01. The summed E-state index contributed by atoms with van der Waals surface area (Å²) in [7, 11) is 0. The van der Waals surface area contributed by atoms with Crippen molar-refractivity contribution in [1.29, 1.82) is 0 Å². The van der Waals surface area contributed by atoms with Gasteiger partial charge in [0.25, 0.3) is 0 Å². The van der Waals surface area contributed by atoms with Crippen molar-refractivity contribution < 1.29 is 0 Å². The third-order valence-corrected chi connectivity index (χ3v) is 3.55. The molecular weight excluding hydrogens is 194 g/mol. The summed E-state index contributed by atoms with van der Waals surface area (Å²) < 4.78 is 0. The first kappa shape index (κ1) is 10.0. The summed E-state index contributed by atoms with van der Waals surface area (Å²) in [6.07, 6.45) is 3.34. The Morgan fingerprint density at radius 1 is 1.43 bits per heavy atom. The molecule has 0 bridgehead atoms. The minimum absolute atomic E-state index is 0.125. The Hall–Kier alpha value is -0.530. The molecule has 1 saturated carbocycles. The molecule has 2 atom stereocenters. The Morgan fingerprint density at radius 2 is 2.00 bits per heavy atom. The van der Waals surface area contributed by atoms with Crippen LogP contribution in [0.3, 0.4) is 0 Å². The second kappa shape index (κ2) is 3.56. The molecule has 0 amide bonds. The average molecular weight is 210 g/mol. The largest absolute Gasteiger partial charge is 0.325 e. The predicted molar refractivity (Wildman–Crippen MR) is 60.5 cm³/mol. The van der Waals surface area contributed by atoms with Crippen molar-refractivity contribution in [2.24, 2.45) is 11.7 Å². The van der Waals surface area contributed by atoms with E-state index in [4.69, 9.17) is 17.3 Å². The number of hydrogen-bond donors (Lipinski definition) is 1. The Labute approximate surface area is 90.3 Å². The molecule has 0 radical (unpaired) electrons. The van der Waals surface area contributed by atoms with E-state index in [0.29, 0.717) is 5.92 Å². The highest BCUT2D eigenvalue weighted by atomic mass is 35.5. The fourth-order valence-electron chi connectivity index (χ4n) is 1.89. The van der Waals surface area contributed by atoms with Crippen molar-refractivity contribution in [2.45, 2.75) is 31.7 Å². The minimum Gasteiger partial charge on any atom is -0.325 e. The molecule has 0 spiro atoms. The molecule has 0 aliphatic heterocycles. The standard InChI is InChI=1S/C12H16ClN/c1-9-8-12(9,14)7-6-10-2-4-11(13)5-3-10/h2-5,9H,6-8,14H2,1H3. The molecule has 2 heteroatoms. The number of nitrogens with two attached hydrogens (primary N) is 1. The third kappa shape index (κ3) is 2.10. The molecule has 1 aromatic rings. The van der Waals surface area contributed by atoms with Gasteiger partial charge in [-0.3, -0.25) is 0 Å². The Bertz CT molecular complexity index is 320. The van der Waals surface area contributed by atoms with E-state index >= 15 is 0 Å². The molecule has 2 unspecified atom stereocenters. The lowest BCUT2D eigenvalue weighted by Gasteiger charge is -2.09. The lowest BCUT2D eigenvalue weighted by molar-refractivity contribution is 0.565. The van der Waals surface area contributed by atoms with E-state index in [1.807, 2.05) is 12.1 Å². The van der Waals surface area contributed by atoms with Crippen molar-refractivity contribution in [2.75, 3.05) is 0 Å². The van der Waals surface area contributed by atoms with Crippen LogP contribution in [0, 0.1) is 5.92 Å². The molecule has 1 aliphatic rings. The van der Waals surface area contributed by atoms with Gasteiger partial charge in [0, 0.05) is 10.6 Å². The van der Waals surface area contributed by atoms with Crippen LogP contribution in [-0.4, -0.2) is 5.54 Å². The SMILES string of the molecule is CC1CC1(N)CCc1ccc(Cl)cc1. The lowest BCUT2D eigenvalue weighted by Crippen LogP contribution is -2.24. The zero-order chi connectivity index (χ0) is 10.2. The third-order valence-electron chi connectivity index (χ3n) is 3.30. The van der Waals surface area contributed by atoms with E-state index in [1.54, 1.807) is 0 Å². The normalized spacial score (nSPS) is 30.4. The molecule has 76 valence electrons. The van der Waals surface area contributed by atoms with Crippen molar-refractivity contribution >= 4 is 11.6 Å². The number of benzene rings is 1. The van der Waals surface area contributed by atoms with Crippen LogP contribution in [0.25, 0.3) is 0 Å². The Balaban J connectivity index is 1.89. The van der Waals surface area contributed by atoms with Crippen molar-refractivity contribution in [3.63, 3.8) is 0 Å². The fraction of sp³-hybridized carbons (Fsp3) is 0.500. The van der Waals surface area contributed by atoms with E-state index in [1.165, 1.54) is 12.0 Å². The van der Waals surface area contributed by atoms with Crippen LogP contribution in [0.1, 0.15) is 25.3 Å². The Morgan fingerprint density at radius 3 is 2.50 bits per heavy atom. The maximum absolute atomic E-state index is 6.14. The van der Waals surface area contributed by atoms with Gasteiger partial charge in [-0.25, -0.2) is 0 Å². The molecule has 2 N–H and O–H groups in total. The quantitative estimate of drug-likeness (QED) is 0.814. The van der Waals surface area contributed by atoms with Gasteiger partial charge >= 0.3 is 0 Å². The van der Waals surface area contributed by atoms with Gasteiger partial charge in [-0.05, 0) is 42.9 Å². The zero-order valence-electron chi connectivity index (χ0n) is 8.46. The smallest absolute Gasteiger partial charge is 0.0406 e. The highest BCUT2D eigenvalue weighted by molar-refractivity contribution is 6.30. The van der Waals surface area contributed by atoms with Crippen molar-refractivity contribution in [3.8, 4) is 0 Å². The van der Waals surface area contributed by atoms with Crippen molar-refractivity contribution in [1.82, 2.24) is 0 Å². The van der Waals surface area contributed by atoms with Crippen LogP contribution < -0.4 is 5.73 Å². The number of rotatable bonds is 3. The minimum atomic E-state index is 0.125. The second-order valence-electron chi connectivity index (χ2n) is 4.46. The molecule has 1 nitrogen and oxygen atoms in total. The molecule has 1 fully saturated rings. The van der Waals surface area contributed by atoms with E-state index < -0.39 is 0 Å². The maximum atomic E-state index is 6.14. The summed E-state index contributed by atoms with van der Waals surface area (Å²) in [6, 6.07) is 8.05. The van der Waals surface area contributed by atoms with Crippen LogP contribution in [0.5, 0.6) is 0 Å². The van der Waals surface area contributed by atoms with Gasteiger partial charge in [-0.1, -0.05) is 30.7 Å². The number of hydrogen-bond acceptors (Lipinski definition) is 1. The average Bonchev–Trinajstić information content (AvgIpc) is 2.74. The molecule has 0 aromatic heterocycles. The summed E-state index contributed by atoms with van der Waals surface area (Å²) in [5.74, 6) is 0.704. The molecule has 1 aliphatic carbocycles. The van der Waals surface area contributed by atoms with Crippen LogP contribution in [-0.2, 0) is 6.42 Å². The zero-order valence-corrected chi connectivity index (χ0v) is 9.22. The van der Waals surface area contributed by atoms with Gasteiger partial charge in [0.05, 0.1) is 0 Å². The van der Waals surface area contributed by atoms with Gasteiger partial charge in [0.15, 0.2) is 0 Å². The number of aryl methyl sites for hydroxylation is 1. The van der Waals surface area contributed by atoms with Crippen LogP contribution in [0.4, 0.5) is 0 Å². The van der Waals surface area contributed by atoms with Crippen LogP contribution in [0.2, 0.25) is 5.02 Å². The van der Waals surface area contributed by atoms with Gasteiger partial charge in [-0.2, -0.15) is 0 Å². The Kier molecular flexibility index (Phi) is 2.54. The first-order valence-corrected chi connectivity index (χ1v) is 5.51. The van der Waals surface area contributed by atoms with E-state index in [9.17, 15) is 0 Å². The first-order chi connectivity index (χ1) is 6.60. The van der Waals surface area contributed by atoms with Crippen LogP contribution in [0.15, 0.2) is 24.3 Å². The monoisotopic (exact) mass is 209 g/mol. The molecule has 0 saturated heterocycles. The lowest BCUT2D eigenvalue weighted by atomic mass is 10.0. The number of halogens is 1. The van der Waals surface area contributed by atoms with E-state index in [0.717, 1.165) is 17.9 Å². The maximum Gasteiger partial charge on any atom is 0.0406 e. The van der Waals surface area contributed by atoms with Crippen LogP contribution >= 0.6 is 11.6 Å². The molecule has 0 heterocycles. The summed E-state index contributed by atoms with van der Waals surface area (Å²) >= 11 is 5.81. The van der Waals surface area contributed by atoms with Gasteiger partial charge in [0.2, 0.25) is 0 Å². The van der Waals surface area contributed by atoms with E-state index in [-0.39, 0.29) is 5.54 Å². The molecule has 1 aromatic carbocycles. The summed E-state index contributed by atoms with van der Waals surface area (Å²) in [5, 5.41) is 0.802. The molecule has 14 heavy (non-hydrogen) atoms. The van der Waals surface area contributed by atoms with Crippen molar-refractivity contribution in [3.05, 3.63) is 34.9 Å². The topological polar surface area (TPSA) is 26.0 Å². The highest BCUT2D eigenvalue weighted by Crippen LogP contribution is 2.43. The summed E-state index contributed by atoms with van der Waals surface area (Å²) in [6.45, 7) is 2.22. The van der Waals surface area contributed by atoms with Gasteiger partial charge in [0.1, 0.15) is 0 Å². The van der Waals surface area contributed by atoms with Gasteiger partial charge < -0.3 is 5.73 Å².